The SMILES string of the molecule is CC(C)c1c(CCNC(=O)OC(C)(C)C)cccc1Oc1ccc(C(N)=O)cn1. The first-order valence-electron chi connectivity index (χ1n) is 9.59. The van der Waals surface area contributed by atoms with Crippen molar-refractivity contribution in [2.45, 2.75) is 52.6 Å². The molecule has 2 amide bonds. The van der Waals surface area contributed by atoms with Crippen LogP contribution in [0.15, 0.2) is 36.5 Å². The van der Waals surface area contributed by atoms with Crippen molar-refractivity contribution in [3.8, 4) is 11.6 Å². The number of aromatic nitrogens is 1. The molecule has 0 saturated carbocycles. The van der Waals surface area contributed by atoms with Gasteiger partial charge in [-0.1, -0.05) is 26.0 Å². The third kappa shape index (κ3) is 6.78. The van der Waals surface area contributed by atoms with Crippen LogP contribution < -0.4 is 15.8 Å². The molecule has 7 heteroatoms. The van der Waals surface area contributed by atoms with E-state index >= 15 is 0 Å². The van der Waals surface area contributed by atoms with E-state index in [0.717, 1.165) is 11.1 Å². The fraction of sp³-hybridized carbons (Fsp3) is 0.409. The normalized spacial score (nSPS) is 11.2. The first-order chi connectivity index (χ1) is 13.6. The van der Waals surface area contributed by atoms with Gasteiger partial charge in [0, 0.05) is 24.4 Å². The number of carbonyl (C=O) groups excluding carboxylic acids is 2. The summed E-state index contributed by atoms with van der Waals surface area (Å²) in [5.41, 5.74) is 7.15. The lowest BCUT2D eigenvalue weighted by molar-refractivity contribution is 0.0528. The number of benzene rings is 1. The molecule has 0 atom stereocenters. The van der Waals surface area contributed by atoms with Crippen molar-refractivity contribution in [3.63, 3.8) is 0 Å². The molecule has 0 spiro atoms. The Morgan fingerprint density at radius 2 is 1.90 bits per heavy atom. The molecule has 29 heavy (non-hydrogen) atoms. The van der Waals surface area contributed by atoms with Gasteiger partial charge in [-0.05, 0) is 50.8 Å². The number of primary amides is 1. The zero-order valence-electron chi connectivity index (χ0n) is 17.6. The van der Waals surface area contributed by atoms with Crippen LogP contribution in [0.4, 0.5) is 4.79 Å². The lowest BCUT2D eigenvalue weighted by atomic mass is 9.94. The number of nitrogens with one attached hydrogen (secondary N) is 1. The second-order valence-electron chi connectivity index (χ2n) is 8.01. The first kappa shape index (κ1) is 22.2. The smallest absolute Gasteiger partial charge is 0.407 e. The summed E-state index contributed by atoms with van der Waals surface area (Å²) in [5.74, 6) is 0.731. The van der Waals surface area contributed by atoms with Gasteiger partial charge in [0.2, 0.25) is 11.8 Å². The molecule has 2 rings (SSSR count). The standard InChI is InChI=1S/C22H29N3O4/c1-14(2)19-15(11-12-24-21(27)29-22(3,4)5)7-6-8-17(19)28-18-10-9-16(13-25-18)20(23)26/h6-10,13-14H,11-12H2,1-5H3,(H2,23,26)(H,24,27). The predicted octanol–water partition coefficient (Wildman–Crippen LogP) is 4.16. The summed E-state index contributed by atoms with van der Waals surface area (Å²) in [6, 6.07) is 8.99. The van der Waals surface area contributed by atoms with Crippen molar-refractivity contribution in [1.29, 1.82) is 0 Å². The number of alkyl carbamates (subject to hydrolysis) is 1. The lowest BCUT2D eigenvalue weighted by Gasteiger charge is -2.20. The molecule has 156 valence electrons. The summed E-state index contributed by atoms with van der Waals surface area (Å²) in [6.07, 6.45) is 1.59. The molecule has 0 aliphatic rings. The Morgan fingerprint density at radius 3 is 2.45 bits per heavy atom. The number of rotatable bonds is 7. The van der Waals surface area contributed by atoms with Gasteiger partial charge < -0.3 is 20.5 Å². The zero-order chi connectivity index (χ0) is 21.6. The molecule has 0 radical (unpaired) electrons. The van der Waals surface area contributed by atoms with E-state index < -0.39 is 17.6 Å². The third-order valence-corrected chi connectivity index (χ3v) is 4.03. The molecule has 1 aromatic carbocycles. The molecule has 0 aliphatic heterocycles. The number of pyridine rings is 1. The van der Waals surface area contributed by atoms with Gasteiger partial charge in [-0.25, -0.2) is 9.78 Å². The maximum Gasteiger partial charge on any atom is 0.407 e. The molecule has 2 aromatic rings. The number of carbonyl (C=O) groups is 2. The maximum absolute atomic E-state index is 11.9. The molecule has 7 nitrogen and oxygen atoms in total. The van der Waals surface area contributed by atoms with Crippen molar-refractivity contribution in [3.05, 3.63) is 53.2 Å². The monoisotopic (exact) mass is 399 g/mol. The summed E-state index contributed by atoms with van der Waals surface area (Å²) in [6.45, 7) is 10.1. The number of hydrogen-bond acceptors (Lipinski definition) is 5. The van der Waals surface area contributed by atoms with Crippen LogP contribution in [-0.2, 0) is 11.2 Å². The molecule has 1 aromatic heterocycles. The van der Waals surface area contributed by atoms with Gasteiger partial charge in [-0.15, -0.1) is 0 Å². The quantitative estimate of drug-likeness (QED) is 0.727. The van der Waals surface area contributed by atoms with Gasteiger partial charge in [0.1, 0.15) is 11.4 Å². The highest BCUT2D eigenvalue weighted by atomic mass is 16.6. The van der Waals surface area contributed by atoms with Crippen LogP contribution >= 0.6 is 0 Å². The van der Waals surface area contributed by atoms with Crippen LogP contribution in [0.25, 0.3) is 0 Å². The number of ether oxygens (including phenoxy) is 2. The second kappa shape index (κ2) is 9.41. The Bertz CT molecular complexity index is 855. The first-order valence-corrected chi connectivity index (χ1v) is 9.59. The molecule has 0 unspecified atom stereocenters. The summed E-state index contributed by atoms with van der Waals surface area (Å²) in [7, 11) is 0. The van der Waals surface area contributed by atoms with E-state index in [2.05, 4.69) is 24.1 Å². The van der Waals surface area contributed by atoms with Gasteiger partial charge in [-0.3, -0.25) is 4.79 Å². The Labute approximate surface area is 171 Å². The third-order valence-electron chi connectivity index (χ3n) is 4.03. The molecule has 0 fully saturated rings. The van der Waals surface area contributed by atoms with Crippen LogP contribution in [0, 0.1) is 0 Å². The van der Waals surface area contributed by atoms with E-state index in [1.807, 2.05) is 39.0 Å². The molecule has 0 aliphatic carbocycles. The molecule has 0 bridgehead atoms. The van der Waals surface area contributed by atoms with Crippen LogP contribution in [0.1, 0.15) is 62.0 Å². The Balaban J connectivity index is 2.12. The van der Waals surface area contributed by atoms with E-state index in [9.17, 15) is 9.59 Å². The van der Waals surface area contributed by atoms with Crippen LogP contribution in [0.3, 0.4) is 0 Å². The Morgan fingerprint density at radius 1 is 1.17 bits per heavy atom. The zero-order valence-corrected chi connectivity index (χ0v) is 17.6. The number of hydrogen-bond donors (Lipinski definition) is 2. The maximum atomic E-state index is 11.9. The Kier molecular flexibility index (Phi) is 7.20. The van der Waals surface area contributed by atoms with Gasteiger partial charge in [0.15, 0.2) is 0 Å². The van der Waals surface area contributed by atoms with E-state index in [1.165, 1.54) is 6.20 Å². The second-order valence-corrected chi connectivity index (χ2v) is 8.01. The summed E-state index contributed by atoms with van der Waals surface area (Å²) < 4.78 is 11.2. The van der Waals surface area contributed by atoms with Crippen molar-refractivity contribution >= 4 is 12.0 Å². The molecular formula is C22H29N3O4. The minimum absolute atomic E-state index is 0.201. The highest BCUT2D eigenvalue weighted by Crippen LogP contribution is 2.33. The highest BCUT2D eigenvalue weighted by molar-refractivity contribution is 5.92. The fourth-order valence-electron chi connectivity index (χ4n) is 2.86. The highest BCUT2D eigenvalue weighted by Gasteiger charge is 2.17. The van der Waals surface area contributed by atoms with Crippen LogP contribution in [-0.4, -0.2) is 29.1 Å². The largest absolute Gasteiger partial charge is 0.444 e. The van der Waals surface area contributed by atoms with E-state index in [1.54, 1.807) is 12.1 Å². The van der Waals surface area contributed by atoms with Crippen molar-refractivity contribution in [2.24, 2.45) is 5.73 Å². The molecule has 1 heterocycles. The van der Waals surface area contributed by atoms with E-state index in [-0.39, 0.29) is 5.92 Å². The van der Waals surface area contributed by atoms with Crippen molar-refractivity contribution in [1.82, 2.24) is 10.3 Å². The number of nitrogens with two attached hydrogens (primary N) is 1. The van der Waals surface area contributed by atoms with E-state index in [4.69, 9.17) is 15.2 Å². The van der Waals surface area contributed by atoms with Crippen molar-refractivity contribution in [2.75, 3.05) is 6.54 Å². The van der Waals surface area contributed by atoms with Gasteiger partial charge in [-0.2, -0.15) is 0 Å². The summed E-state index contributed by atoms with van der Waals surface area (Å²) in [5, 5.41) is 2.78. The van der Waals surface area contributed by atoms with Crippen LogP contribution in [0.5, 0.6) is 11.6 Å². The van der Waals surface area contributed by atoms with Crippen LogP contribution in [0.2, 0.25) is 0 Å². The minimum atomic E-state index is -0.536. The van der Waals surface area contributed by atoms with Crippen molar-refractivity contribution < 1.29 is 19.1 Å². The summed E-state index contributed by atoms with van der Waals surface area (Å²) in [4.78, 5) is 27.2. The number of nitrogens with zero attached hydrogens (tertiary/aromatic N) is 1. The minimum Gasteiger partial charge on any atom is -0.444 e. The average Bonchev–Trinajstić information content (AvgIpc) is 2.60. The number of amides is 2. The Hall–Kier alpha value is -3.09. The predicted molar refractivity (Wildman–Crippen MR) is 111 cm³/mol. The van der Waals surface area contributed by atoms with Gasteiger partial charge >= 0.3 is 6.09 Å². The topological polar surface area (TPSA) is 104 Å². The molecule has 3 N–H and O–H groups in total. The van der Waals surface area contributed by atoms with E-state index in [0.29, 0.717) is 30.2 Å². The molecule has 0 saturated heterocycles. The van der Waals surface area contributed by atoms with Gasteiger partial charge in [0.25, 0.3) is 0 Å². The lowest BCUT2D eigenvalue weighted by Crippen LogP contribution is -2.33. The average molecular weight is 399 g/mol. The molecular weight excluding hydrogens is 370 g/mol. The summed E-state index contributed by atoms with van der Waals surface area (Å²) >= 11 is 0. The van der Waals surface area contributed by atoms with Gasteiger partial charge in [0.05, 0.1) is 5.56 Å². The fourth-order valence-corrected chi connectivity index (χ4v) is 2.86.